The van der Waals surface area contributed by atoms with Gasteiger partial charge in [-0.25, -0.2) is 0 Å². The zero-order valence-electron chi connectivity index (χ0n) is 13.1. The topological polar surface area (TPSA) is 90.4 Å². The summed E-state index contributed by atoms with van der Waals surface area (Å²) in [7, 11) is 1.55. The highest BCUT2D eigenvalue weighted by molar-refractivity contribution is 8.00. The van der Waals surface area contributed by atoms with E-state index in [1.807, 2.05) is 12.1 Å². The van der Waals surface area contributed by atoms with Gasteiger partial charge in [0.2, 0.25) is 5.91 Å². The van der Waals surface area contributed by atoms with Crippen LogP contribution in [0.25, 0.3) is 11.7 Å². The number of ether oxygens (including phenoxy) is 1. The van der Waals surface area contributed by atoms with Gasteiger partial charge in [0.1, 0.15) is 5.75 Å². The molecule has 0 radical (unpaired) electrons. The summed E-state index contributed by atoms with van der Waals surface area (Å²) < 4.78 is 15.9. The Balaban J connectivity index is 1.64. The van der Waals surface area contributed by atoms with E-state index in [1.165, 1.54) is 18.0 Å². The van der Waals surface area contributed by atoms with Crippen LogP contribution >= 0.6 is 11.8 Å². The molecular weight excluding hydrogens is 330 g/mol. The lowest BCUT2D eigenvalue weighted by Gasteiger charge is -2.12. The van der Waals surface area contributed by atoms with Crippen LogP contribution in [0.5, 0.6) is 5.75 Å². The fourth-order valence-electron chi connectivity index (χ4n) is 1.94. The van der Waals surface area contributed by atoms with Crippen LogP contribution in [-0.2, 0) is 4.79 Å². The summed E-state index contributed by atoms with van der Waals surface area (Å²) in [5, 5.41) is 10.5. The van der Waals surface area contributed by atoms with Crippen LogP contribution in [-0.4, -0.2) is 28.5 Å². The van der Waals surface area contributed by atoms with Gasteiger partial charge in [0, 0.05) is 0 Å². The minimum atomic E-state index is -0.431. The third kappa shape index (κ3) is 3.60. The van der Waals surface area contributed by atoms with E-state index in [1.54, 1.807) is 38.3 Å². The zero-order chi connectivity index (χ0) is 16.9. The molecule has 3 rings (SSSR count). The first-order valence-corrected chi connectivity index (χ1v) is 8.03. The Morgan fingerprint density at radius 2 is 2.08 bits per heavy atom. The Morgan fingerprint density at radius 1 is 1.25 bits per heavy atom. The van der Waals surface area contributed by atoms with Crippen molar-refractivity contribution < 1.29 is 18.4 Å². The van der Waals surface area contributed by atoms with Crippen molar-refractivity contribution in [2.45, 2.75) is 17.4 Å². The van der Waals surface area contributed by atoms with Crippen LogP contribution in [0.2, 0.25) is 0 Å². The van der Waals surface area contributed by atoms with Gasteiger partial charge in [0.25, 0.3) is 11.1 Å². The van der Waals surface area contributed by atoms with Crippen molar-refractivity contribution in [1.29, 1.82) is 0 Å². The van der Waals surface area contributed by atoms with Gasteiger partial charge in [0.15, 0.2) is 5.76 Å². The van der Waals surface area contributed by atoms with Crippen molar-refractivity contribution in [3.8, 4) is 17.4 Å². The largest absolute Gasteiger partial charge is 0.495 e. The van der Waals surface area contributed by atoms with Crippen LogP contribution in [0.3, 0.4) is 0 Å². The molecule has 1 N–H and O–H groups in total. The highest BCUT2D eigenvalue weighted by atomic mass is 32.2. The second-order valence-electron chi connectivity index (χ2n) is 4.80. The fourth-order valence-corrected chi connectivity index (χ4v) is 2.63. The van der Waals surface area contributed by atoms with E-state index < -0.39 is 5.25 Å². The SMILES string of the molecule is COc1ccccc1NC(=O)[C@H](C)Sc1nnc(-c2ccco2)o1. The molecule has 0 fully saturated rings. The monoisotopic (exact) mass is 345 g/mol. The molecule has 0 bridgehead atoms. The van der Waals surface area contributed by atoms with Gasteiger partial charge >= 0.3 is 0 Å². The molecule has 2 heterocycles. The van der Waals surface area contributed by atoms with Crippen LogP contribution < -0.4 is 10.1 Å². The fraction of sp³-hybridized carbons (Fsp3) is 0.188. The lowest BCUT2D eigenvalue weighted by Crippen LogP contribution is -2.22. The van der Waals surface area contributed by atoms with Gasteiger partial charge in [-0.2, -0.15) is 0 Å². The molecule has 1 aromatic carbocycles. The van der Waals surface area contributed by atoms with Gasteiger partial charge in [-0.1, -0.05) is 23.9 Å². The van der Waals surface area contributed by atoms with Crippen molar-refractivity contribution in [3.05, 3.63) is 42.7 Å². The Labute approximate surface area is 142 Å². The molecule has 0 spiro atoms. The normalized spacial score (nSPS) is 11.9. The molecule has 0 aliphatic carbocycles. The number of thioether (sulfide) groups is 1. The van der Waals surface area contributed by atoms with Crippen LogP contribution in [0.4, 0.5) is 5.69 Å². The Hall–Kier alpha value is -2.74. The van der Waals surface area contributed by atoms with Gasteiger partial charge in [-0.15, -0.1) is 10.2 Å². The third-order valence-corrected chi connectivity index (χ3v) is 4.08. The van der Waals surface area contributed by atoms with Crippen LogP contribution in [0.15, 0.2) is 56.7 Å². The molecule has 0 saturated heterocycles. The van der Waals surface area contributed by atoms with E-state index in [0.717, 1.165) is 0 Å². The molecular formula is C16H15N3O4S. The number of anilines is 1. The Bertz CT molecular complexity index is 816. The number of rotatable bonds is 6. The summed E-state index contributed by atoms with van der Waals surface area (Å²) in [6.07, 6.45) is 1.52. The molecule has 8 heteroatoms. The van der Waals surface area contributed by atoms with E-state index in [4.69, 9.17) is 13.6 Å². The number of aromatic nitrogens is 2. The molecule has 0 saturated carbocycles. The molecule has 24 heavy (non-hydrogen) atoms. The number of nitrogens with one attached hydrogen (secondary N) is 1. The molecule has 1 atom stereocenters. The minimum absolute atomic E-state index is 0.192. The molecule has 1 amide bonds. The average molecular weight is 345 g/mol. The predicted octanol–water partition coefficient (Wildman–Crippen LogP) is 3.46. The summed E-state index contributed by atoms with van der Waals surface area (Å²) in [5.41, 5.74) is 0.610. The highest BCUT2D eigenvalue weighted by Gasteiger charge is 2.20. The molecule has 124 valence electrons. The number of carbonyl (C=O) groups is 1. The van der Waals surface area contributed by atoms with Crippen molar-refractivity contribution in [1.82, 2.24) is 10.2 Å². The predicted molar refractivity (Wildman–Crippen MR) is 88.9 cm³/mol. The standard InChI is InChI=1S/C16H15N3O4S/c1-10(14(20)17-11-6-3-4-7-12(11)21-2)24-16-19-18-15(23-16)13-8-5-9-22-13/h3-10H,1-2H3,(H,17,20)/t10-/m0/s1. The smallest absolute Gasteiger partial charge is 0.284 e. The molecule has 2 aromatic heterocycles. The summed E-state index contributed by atoms with van der Waals surface area (Å²) in [6.45, 7) is 1.76. The van der Waals surface area contributed by atoms with Gasteiger partial charge in [-0.3, -0.25) is 4.79 Å². The number of benzene rings is 1. The number of methoxy groups -OCH3 is 1. The van der Waals surface area contributed by atoms with E-state index in [0.29, 0.717) is 22.4 Å². The first-order valence-electron chi connectivity index (χ1n) is 7.15. The van der Waals surface area contributed by atoms with Crippen molar-refractivity contribution in [3.63, 3.8) is 0 Å². The number of nitrogens with zero attached hydrogens (tertiary/aromatic N) is 2. The van der Waals surface area contributed by atoms with E-state index >= 15 is 0 Å². The van der Waals surface area contributed by atoms with Crippen molar-refractivity contribution in [2.24, 2.45) is 0 Å². The zero-order valence-corrected chi connectivity index (χ0v) is 13.9. The van der Waals surface area contributed by atoms with E-state index in [2.05, 4.69) is 15.5 Å². The molecule has 0 unspecified atom stereocenters. The number of amides is 1. The van der Waals surface area contributed by atoms with Crippen molar-refractivity contribution in [2.75, 3.05) is 12.4 Å². The Morgan fingerprint density at radius 3 is 2.83 bits per heavy atom. The van der Waals surface area contributed by atoms with Gasteiger partial charge in [-0.05, 0) is 31.2 Å². The number of para-hydroxylation sites is 2. The number of hydrogen-bond acceptors (Lipinski definition) is 7. The molecule has 3 aromatic rings. The maximum atomic E-state index is 12.3. The van der Waals surface area contributed by atoms with E-state index in [9.17, 15) is 4.79 Å². The number of carbonyl (C=O) groups excluding carboxylic acids is 1. The van der Waals surface area contributed by atoms with Crippen molar-refractivity contribution >= 4 is 23.4 Å². The number of hydrogen-bond donors (Lipinski definition) is 1. The summed E-state index contributed by atoms with van der Waals surface area (Å²) in [6, 6.07) is 10.7. The Kier molecular flexibility index (Phi) is 4.85. The molecule has 0 aliphatic rings. The maximum Gasteiger partial charge on any atom is 0.284 e. The molecule has 7 nitrogen and oxygen atoms in total. The number of furan rings is 1. The van der Waals surface area contributed by atoms with Crippen LogP contribution in [0.1, 0.15) is 6.92 Å². The highest BCUT2D eigenvalue weighted by Crippen LogP contribution is 2.28. The summed E-state index contributed by atoms with van der Waals surface area (Å²) in [4.78, 5) is 12.3. The second kappa shape index (κ2) is 7.22. The first kappa shape index (κ1) is 16.1. The van der Waals surface area contributed by atoms with Gasteiger partial charge < -0.3 is 18.9 Å². The quantitative estimate of drug-likeness (QED) is 0.684. The molecule has 0 aliphatic heterocycles. The lowest BCUT2D eigenvalue weighted by molar-refractivity contribution is -0.115. The van der Waals surface area contributed by atoms with Gasteiger partial charge in [0.05, 0.1) is 24.3 Å². The first-order chi connectivity index (χ1) is 11.7. The second-order valence-corrected chi connectivity index (χ2v) is 6.09. The third-order valence-electron chi connectivity index (χ3n) is 3.15. The summed E-state index contributed by atoms with van der Waals surface area (Å²) >= 11 is 1.17. The summed E-state index contributed by atoms with van der Waals surface area (Å²) in [5.74, 6) is 1.17. The van der Waals surface area contributed by atoms with Crippen LogP contribution in [0, 0.1) is 0 Å². The maximum absolute atomic E-state index is 12.3. The van der Waals surface area contributed by atoms with E-state index in [-0.39, 0.29) is 11.8 Å². The average Bonchev–Trinajstić information content (AvgIpc) is 3.26. The minimum Gasteiger partial charge on any atom is -0.495 e. The lowest BCUT2D eigenvalue weighted by atomic mass is 10.3.